The van der Waals surface area contributed by atoms with Gasteiger partial charge in [0.15, 0.2) is 5.82 Å². The molecule has 0 spiro atoms. The van der Waals surface area contributed by atoms with Crippen LogP contribution < -0.4 is 0 Å². The van der Waals surface area contributed by atoms with E-state index in [1.807, 2.05) is 24.3 Å². The van der Waals surface area contributed by atoms with Gasteiger partial charge in [-0.1, -0.05) is 5.16 Å². The number of rotatable bonds is 4. The number of aromatic nitrogens is 5. The molecule has 0 amide bonds. The van der Waals surface area contributed by atoms with E-state index in [0.29, 0.717) is 18.1 Å². The van der Waals surface area contributed by atoms with Crippen LogP contribution in [0.5, 0.6) is 0 Å². The molecule has 7 heteroatoms. The highest BCUT2D eigenvalue weighted by Gasteiger charge is 2.10. The number of fused-ring (bicyclic) bond motifs is 1. The summed E-state index contributed by atoms with van der Waals surface area (Å²) in [4.78, 5) is 16.4. The molecule has 1 aromatic carbocycles. The zero-order chi connectivity index (χ0) is 16.5. The van der Waals surface area contributed by atoms with Crippen LogP contribution in [0.25, 0.3) is 22.5 Å². The Morgan fingerprint density at radius 2 is 2.08 bits per heavy atom. The number of imidazole rings is 1. The Morgan fingerprint density at radius 3 is 2.88 bits per heavy atom. The second-order valence-corrected chi connectivity index (χ2v) is 5.55. The number of aryl methyl sites for hydroxylation is 1. The number of pyridine rings is 1. The first-order valence-electron chi connectivity index (χ1n) is 7.55. The summed E-state index contributed by atoms with van der Waals surface area (Å²) in [5, 5.41) is 13.0. The van der Waals surface area contributed by atoms with E-state index in [-0.39, 0.29) is 6.61 Å². The molecule has 7 nitrogen and oxygen atoms in total. The molecule has 4 aromatic rings. The van der Waals surface area contributed by atoms with Gasteiger partial charge in [-0.2, -0.15) is 4.98 Å². The number of aromatic amines is 1. The number of nitrogens with zero attached hydrogens (tertiary/aromatic N) is 4. The lowest BCUT2D eigenvalue weighted by molar-refractivity contribution is 0.281. The van der Waals surface area contributed by atoms with Crippen LogP contribution in [0.3, 0.4) is 0 Å². The van der Waals surface area contributed by atoms with Gasteiger partial charge in [0.1, 0.15) is 5.82 Å². The molecule has 24 heavy (non-hydrogen) atoms. The minimum absolute atomic E-state index is 0.00259. The van der Waals surface area contributed by atoms with E-state index < -0.39 is 0 Å². The van der Waals surface area contributed by atoms with Gasteiger partial charge >= 0.3 is 0 Å². The predicted octanol–water partition coefficient (Wildman–Crippen LogP) is 2.40. The quantitative estimate of drug-likeness (QED) is 0.598. The van der Waals surface area contributed by atoms with E-state index in [2.05, 4.69) is 25.1 Å². The molecule has 0 atom stereocenters. The number of aliphatic hydroxyl groups is 1. The molecule has 0 fully saturated rings. The predicted molar refractivity (Wildman–Crippen MR) is 87.1 cm³/mol. The maximum Gasteiger partial charge on any atom is 0.257 e. The van der Waals surface area contributed by atoms with Crippen molar-refractivity contribution in [1.82, 2.24) is 25.1 Å². The summed E-state index contributed by atoms with van der Waals surface area (Å²) in [6.45, 7) is 1.79. The van der Waals surface area contributed by atoms with Gasteiger partial charge in [0.05, 0.1) is 17.6 Å². The number of hydrogen-bond acceptors (Lipinski definition) is 6. The van der Waals surface area contributed by atoms with Crippen molar-refractivity contribution in [3.8, 4) is 11.5 Å². The fourth-order valence-corrected chi connectivity index (χ4v) is 2.59. The average molecular weight is 321 g/mol. The topological polar surface area (TPSA) is 101 Å². The van der Waals surface area contributed by atoms with Crippen LogP contribution in [0, 0.1) is 6.92 Å². The van der Waals surface area contributed by atoms with Gasteiger partial charge < -0.3 is 14.6 Å². The number of hydrogen-bond donors (Lipinski definition) is 2. The minimum atomic E-state index is 0.00259. The third kappa shape index (κ3) is 2.77. The summed E-state index contributed by atoms with van der Waals surface area (Å²) in [5.41, 5.74) is 4.30. The van der Waals surface area contributed by atoms with Gasteiger partial charge in [-0.05, 0) is 42.8 Å². The fourth-order valence-electron chi connectivity index (χ4n) is 2.59. The Labute approximate surface area is 137 Å². The van der Waals surface area contributed by atoms with E-state index in [1.165, 1.54) is 0 Å². The van der Waals surface area contributed by atoms with Crippen LogP contribution in [0.1, 0.15) is 22.9 Å². The van der Waals surface area contributed by atoms with Crippen molar-refractivity contribution >= 4 is 11.0 Å². The SMILES string of the molecule is Cc1noc(-c2ccc3nc(Cc4cc(CO)ccn4)[nH]c3c2)n1. The van der Waals surface area contributed by atoms with Crippen LogP contribution in [-0.4, -0.2) is 30.2 Å². The standard InChI is InChI=1S/C17H15N5O2/c1-10-19-17(24-22-10)12-2-3-14-15(7-12)21-16(20-14)8-13-6-11(9-23)4-5-18-13/h2-7,23H,8-9H2,1H3,(H,20,21). The normalized spacial score (nSPS) is 11.2. The van der Waals surface area contributed by atoms with E-state index in [9.17, 15) is 5.11 Å². The Bertz CT molecular complexity index is 1010. The van der Waals surface area contributed by atoms with Gasteiger partial charge in [0.2, 0.25) is 0 Å². The third-order valence-electron chi connectivity index (χ3n) is 3.72. The summed E-state index contributed by atoms with van der Waals surface area (Å²) >= 11 is 0. The number of aliphatic hydroxyl groups excluding tert-OH is 1. The lowest BCUT2D eigenvalue weighted by atomic mass is 10.2. The first kappa shape index (κ1) is 14.5. The average Bonchev–Trinajstić information content (AvgIpc) is 3.19. The van der Waals surface area contributed by atoms with Crippen LogP contribution in [-0.2, 0) is 13.0 Å². The first-order chi connectivity index (χ1) is 11.7. The molecule has 0 aliphatic carbocycles. The Hall–Kier alpha value is -3.06. The van der Waals surface area contributed by atoms with Crippen molar-refractivity contribution in [3.63, 3.8) is 0 Å². The van der Waals surface area contributed by atoms with Gasteiger partial charge in [0.25, 0.3) is 5.89 Å². The molecule has 0 radical (unpaired) electrons. The summed E-state index contributed by atoms with van der Waals surface area (Å²) in [7, 11) is 0. The van der Waals surface area contributed by atoms with Crippen molar-refractivity contribution in [3.05, 3.63) is 59.4 Å². The summed E-state index contributed by atoms with van der Waals surface area (Å²) in [6, 6.07) is 9.43. The Balaban J connectivity index is 1.65. The number of benzene rings is 1. The van der Waals surface area contributed by atoms with E-state index in [0.717, 1.165) is 33.7 Å². The monoisotopic (exact) mass is 321 g/mol. The highest BCUT2D eigenvalue weighted by atomic mass is 16.5. The molecule has 2 N–H and O–H groups in total. The lowest BCUT2D eigenvalue weighted by Gasteiger charge is -2.00. The third-order valence-corrected chi connectivity index (χ3v) is 3.72. The molecular weight excluding hydrogens is 306 g/mol. The van der Waals surface area contributed by atoms with Gasteiger partial charge in [-0.25, -0.2) is 4.98 Å². The molecule has 120 valence electrons. The van der Waals surface area contributed by atoms with E-state index in [1.54, 1.807) is 19.2 Å². The van der Waals surface area contributed by atoms with Gasteiger partial charge in [0, 0.05) is 23.9 Å². The van der Waals surface area contributed by atoms with Crippen molar-refractivity contribution in [2.45, 2.75) is 20.0 Å². The first-order valence-corrected chi connectivity index (χ1v) is 7.55. The van der Waals surface area contributed by atoms with Crippen LogP contribution >= 0.6 is 0 Å². The molecule has 0 saturated carbocycles. The lowest BCUT2D eigenvalue weighted by Crippen LogP contribution is -1.95. The largest absolute Gasteiger partial charge is 0.392 e. The highest BCUT2D eigenvalue weighted by molar-refractivity contribution is 5.80. The molecule has 0 saturated heterocycles. The molecule has 3 heterocycles. The summed E-state index contributed by atoms with van der Waals surface area (Å²) < 4.78 is 5.20. The second kappa shape index (κ2) is 5.86. The molecule has 0 aliphatic heterocycles. The van der Waals surface area contributed by atoms with E-state index >= 15 is 0 Å². The van der Waals surface area contributed by atoms with Gasteiger partial charge in [-0.15, -0.1) is 0 Å². The molecule has 0 bridgehead atoms. The Kier molecular flexibility index (Phi) is 3.55. The van der Waals surface area contributed by atoms with Crippen molar-refractivity contribution < 1.29 is 9.63 Å². The Morgan fingerprint density at radius 1 is 1.17 bits per heavy atom. The van der Waals surface area contributed by atoms with Crippen molar-refractivity contribution in [1.29, 1.82) is 0 Å². The maximum absolute atomic E-state index is 9.21. The van der Waals surface area contributed by atoms with Gasteiger partial charge in [-0.3, -0.25) is 4.98 Å². The molecule has 0 aliphatic rings. The smallest absolute Gasteiger partial charge is 0.257 e. The zero-order valence-corrected chi connectivity index (χ0v) is 13.0. The highest BCUT2D eigenvalue weighted by Crippen LogP contribution is 2.22. The summed E-state index contributed by atoms with van der Waals surface area (Å²) in [6.07, 6.45) is 2.26. The number of nitrogens with one attached hydrogen (secondary N) is 1. The van der Waals surface area contributed by atoms with Crippen molar-refractivity contribution in [2.24, 2.45) is 0 Å². The molecule has 0 unspecified atom stereocenters. The van der Waals surface area contributed by atoms with Crippen molar-refractivity contribution in [2.75, 3.05) is 0 Å². The van der Waals surface area contributed by atoms with Crippen LogP contribution in [0.4, 0.5) is 0 Å². The van der Waals surface area contributed by atoms with Crippen LogP contribution in [0.15, 0.2) is 41.1 Å². The summed E-state index contributed by atoms with van der Waals surface area (Å²) in [5.74, 6) is 1.90. The fraction of sp³-hybridized carbons (Fsp3) is 0.176. The van der Waals surface area contributed by atoms with E-state index in [4.69, 9.17) is 4.52 Å². The molecule has 4 rings (SSSR count). The molecular formula is C17H15N5O2. The van der Waals surface area contributed by atoms with Crippen LogP contribution in [0.2, 0.25) is 0 Å². The second-order valence-electron chi connectivity index (χ2n) is 5.55. The zero-order valence-electron chi connectivity index (χ0n) is 13.0. The number of H-pyrrole nitrogens is 1. The minimum Gasteiger partial charge on any atom is -0.392 e. The maximum atomic E-state index is 9.21. The molecule has 3 aromatic heterocycles.